The van der Waals surface area contributed by atoms with Crippen molar-refractivity contribution in [3.05, 3.63) is 59.2 Å². The van der Waals surface area contributed by atoms with Crippen LogP contribution >= 0.6 is 0 Å². The average molecular weight is 458 g/mol. The second-order valence-corrected chi connectivity index (χ2v) is 10.5. The van der Waals surface area contributed by atoms with E-state index >= 15 is 0 Å². The average Bonchev–Trinajstić information content (AvgIpc) is 2.76. The second-order valence-electron chi connectivity index (χ2n) is 8.53. The highest BCUT2D eigenvalue weighted by atomic mass is 32.2. The number of nitrogens with zero attached hydrogens (tertiary/aromatic N) is 1. The number of carbonyl (C=O) groups excluding carboxylic acids is 2. The molecular weight excluding hydrogens is 426 g/mol. The van der Waals surface area contributed by atoms with Crippen LogP contribution in [0.5, 0.6) is 0 Å². The summed E-state index contributed by atoms with van der Waals surface area (Å²) in [5.74, 6) is -0.832. The molecule has 1 aliphatic rings. The van der Waals surface area contributed by atoms with E-state index in [9.17, 15) is 18.0 Å². The molecule has 0 bridgehead atoms. The summed E-state index contributed by atoms with van der Waals surface area (Å²) >= 11 is 0. The number of hydrogen-bond donors (Lipinski definition) is 2. The fraction of sp³-hybridized carbons (Fsp3) is 0.417. The van der Waals surface area contributed by atoms with Crippen LogP contribution in [0.15, 0.2) is 47.4 Å². The van der Waals surface area contributed by atoms with E-state index in [1.54, 1.807) is 31.2 Å². The van der Waals surface area contributed by atoms with Gasteiger partial charge in [0.2, 0.25) is 21.8 Å². The smallest absolute Gasteiger partial charge is 0.246 e. The van der Waals surface area contributed by atoms with Crippen LogP contribution < -0.4 is 10.6 Å². The van der Waals surface area contributed by atoms with E-state index in [-0.39, 0.29) is 35.7 Å². The number of anilines is 1. The minimum Gasteiger partial charge on any atom is -0.344 e. The SMILES string of the molecule is Cc1ccc(S(=O)(=O)N2CCC(C(=O)NC(C)C(=O)Nc3ccc(C)cc3C)CC2)cc1. The molecular formula is C24H31N3O4S. The molecule has 1 heterocycles. The van der Waals surface area contributed by atoms with Gasteiger partial charge in [-0.05, 0) is 64.3 Å². The Kier molecular flexibility index (Phi) is 7.36. The molecule has 0 saturated carbocycles. The van der Waals surface area contributed by atoms with Crippen LogP contribution in [0.4, 0.5) is 5.69 Å². The minimum absolute atomic E-state index is 0.222. The third-order valence-corrected chi connectivity index (χ3v) is 7.79. The number of nitrogens with one attached hydrogen (secondary N) is 2. The van der Waals surface area contributed by atoms with Gasteiger partial charge in [-0.25, -0.2) is 8.42 Å². The first-order valence-electron chi connectivity index (χ1n) is 10.8. The number of aryl methyl sites for hydroxylation is 3. The Morgan fingerprint density at radius 1 is 0.969 bits per heavy atom. The van der Waals surface area contributed by atoms with E-state index in [0.29, 0.717) is 12.8 Å². The third-order valence-electron chi connectivity index (χ3n) is 5.88. The lowest BCUT2D eigenvalue weighted by Crippen LogP contribution is -2.47. The van der Waals surface area contributed by atoms with Crippen molar-refractivity contribution >= 4 is 27.5 Å². The summed E-state index contributed by atoms with van der Waals surface area (Å²) < 4.78 is 27.1. The molecule has 1 unspecified atom stereocenters. The van der Waals surface area contributed by atoms with Crippen LogP contribution in [0.1, 0.15) is 36.5 Å². The Morgan fingerprint density at radius 2 is 1.56 bits per heavy atom. The Balaban J connectivity index is 1.53. The highest BCUT2D eigenvalue weighted by Gasteiger charge is 2.33. The quantitative estimate of drug-likeness (QED) is 0.697. The van der Waals surface area contributed by atoms with Gasteiger partial charge in [-0.1, -0.05) is 35.4 Å². The topological polar surface area (TPSA) is 95.6 Å². The van der Waals surface area contributed by atoms with E-state index < -0.39 is 16.1 Å². The van der Waals surface area contributed by atoms with Crippen molar-refractivity contribution in [2.45, 2.75) is 51.5 Å². The molecule has 2 N–H and O–H groups in total. The number of rotatable bonds is 6. The highest BCUT2D eigenvalue weighted by molar-refractivity contribution is 7.89. The predicted octanol–water partition coefficient (Wildman–Crippen LogP) is 3.16. The summed E-state index contributed by atoms with van der Waals surface area (Å²) in [6.45, 7) is 8.01. The highest BCUT2D eigenvalue weighted by Crippen LogP contribution is 2.24. The fourth-order valence-electron chi connectivity index (χ4n) is 3.81. The van der Waals surface area contributed by atoms with Crippen LogP contribution in [0.2, 0.25) is 0 Å². The van der Waals surface area contributed by atoms with Gasteiger partial charge in [-0.15, -0.1) is 0 Å². The summed E-state index contributed by atoms with van der Waals surface area (Å²) in [6.07, 6.45) is 0.838. The van der Waals surface area contributed by atoms with Crippen LogP contribution in [-0.2, 0) is 19.6 Å². The maximum atomic E-state index is 12.8. The lowest BCUT2D eigenvalue weighted by molar-refractivity contribution is -0.129. The van der Waals surface area contributed by atoms with Crippen molar-refractivity contribution in [3.8, 4) is 0 Å². The van der Waals surface area contributed by atoms with Gasteiger partial charge in [0.15, 0.2) is 0 Å². The minimum atomic E-state index is -3.57. The van der Waals surface area contributed by atoms with E-state index in [1.165, 1.54) is 4.31 Å². The molecule has 7 nitrogen and oxygen atoms in total. The van der Waals surface area contributed by atoms with Gasteiger partial charge < -0.3 is 10.6 Å². The monoisotopic (exact) mass is 457 g/mol. The first kappa shape index (κ1) is 23.9. The standard InChI is InChI=1S/C24H31N3O4S/c1-16-5-8-21(9-6-16)32(30,31)27-13-11-20(12-14-27)24(29)25-19(4)23(28)26-22-10-7-17(2)15-18(22)3/h5-10,15,19-20H,11-14H2,1-4H3,(H,25,29)(H,26,28). The molecule has 1 saturated heterocycles. The van der Waals surface area contributed by atoms with Crippen molar-refractivity contribution in [3.63, 3.8) is 0 Å². The lowest BCUT2D eigenvalue weighted by atomic mass is 9.97. The molecule has 2 aromatic carbocycles. The number of piperidine rings is 1. The van der Waals surface area contributed by atoms with Crippen molar-refractivity contribution in [2.24, 2.45) is 5.92 Å². The molecule has 1 aliphatic heterocycles. The maximum Gasteiger partial charge on any atom is 0.246 e. The summed E-state index contributed by atoms with van der Waals surface area (Å²) in [5.41, 5.74) is 3.78. The number of hydrogen-bond acceptors (Lipinski definition) is 4. The fourth-order valence-corrected chi connectivity index (χ4v) is 5.28. The zero-order valence-electron chi connectivity index (χ0n) is 19.0. The van der Waals surface area contributed by atoms with Crippen LogP contribution in [-0.4, -0.2) is 43.7 Å². The zero-order valence-corrected chi connectivity index (χ0v) is 19.8. The van der Waals surface area contributed by atoms with E-state index in [2.05, 4.69) is 10.6 Å². The molecule has 1 atom stereocenters. The van der Waals surface area contributed by atoms with Crippen molar-refractivity contribution in [1.82, 2.24) is 9.62 Å². The van der Waals surface area contributed by atoms with Gasteiger partial charge in [0.25, 0.3) is 0 Å². The number of amides is 2. The predicted molar refractivity (Wildman–Crippen MR) is 125 cm³/mol. The van der Waals surface area contributed by atoms with Gasteiger partial charge in [-0.2, -0.15) is 4.31 Å². The van der Waals surface area contributed by atoms with Gasteiger partial charge in [0, 0.05) is 24.7 Å². The zero-order chi connectivity index (χ0) is 23.5. The molecule has 0 spiro atoms. The van der Waals surface area contributed by atoms with Crippen LogP contribution in [0, 0.1) is 26.7 Å². The number of carbonyl (C=O) groups is 2. The third kappa shape index (κ3) is 5.55. The van der Waals surface area contributed by atoms with Gasteiger partial charge in [0.1, 0.15) is 6.04 Å². The summed E-state index contributed by atoms with van der Waals surface area (Å²) in [4.78, 5) is 25.5. The molecule has 1 fully saturated rings. The molecule has 2 amide bonds. The van der Waals surface area contributed by atoms with Gasteiger partial charge >= 0.3 is 0 Å². The van der Waals surface area contributed by atoms with Gasteiger partial charge in [0.05, 0.1) is 4.90 Å². The molecule has 0 aromatic heterocycles. The van der Waals surface area contributed by atoms with Crippen molar-refractivity contribution < 1.29 is 18.0 Å². The van der Waals surface area contributed by atoms with Crippen molar-refractivity contribution in [2.75, 3.05) is 18.4 Å². The molecule has 3 rings (SSSR count). The Morgan fingerprint density at radius 3 is 2.16 bits per heavy atom. The Labute approximate surface area is 190 Å². The summed E-state index contributed by atoms with van der Waals surface area (Å²) in [6, 6.07) is 11.8. The Bertz CT molecular complexity index is 1090. The van der Waals surface area contributed by atoms with E-state index in [0.717, 1.165) is 22.4 Å². The molecule has 172 valence electrons. The Hall–Kier alpha value is -2.71. The molecule has 8 heteroatoms. The first-order chi connectivity index (χ1) is 15.1. The van der Waals surface area contributed by atoms with Crippen molar-refractivity contribution in [1.29, 1.82) is 0 Å². The molecule has 0 radical (unpaired) electrons. The first-order valence-corrected chi connectivity index (χ1v) is 12.3. The second kappa shape index (κ2) is 9.83. The molecule has 32 heavy (non-hydrogen) atoms. The van der Waals surface area contributed by atoms with E-state index in [4.69, 9.17) is 0 Å². The largest absolute Gasteiger partial charge is 0.344 e. The maximum absolute atomic E-state index is 12.8. The summed E-state index contributed by atoms with van der Waals surface area (Å²) in [7, 11) is -3.57. The summed E-state index contributed by atoms with van der Waals surface area (Å²) in [5, 5.41) is 5.63. The number of benzene rings is 2. The molecule has 2 aromatic rings. The van der Waals surface area contributed by atoms with Gasteiger partial charge in [-0.3, -0.25) is 9.59 Å². The van der Waals surface area contributed by atoms with E-state index in [1.807, 2.05) is 39.0 Å². The lowest BCUT2D eigenvalue weighted by Gasteiger charge is -2.31. The van der Waals surface area contributed by atoms with Crippen LogP contribution in [0.25, 0.3) is 0 Å². The normalized spacial score (nSPS) is 16.4. The number of sulfonamides is 1. The molecule has 0 aliphatic carbocycles. The van der Waals surface area contributed by atoms with Crippen LogP contribution in [0.3, 0.4) is 0 Å².